The maximum Gasteiger partial charge on any atom is 0.172 e. The fraction of sp³-hybridized carbons (Fsp3) is 0.455. The summed E-state index contributed by atoms with van der Waals surface area (Å²) in [4.78, 5) is 6.36. The van der Waals surface area contributed by atoms with Crippen molar-refractivity contribution in [3.63, 3.8) is 0 Å². The summed E-state index contributed by atoms with van der Waals surface area (Å²) >= 11 is 0. The zero-order chi connectivity index (χ0) is 11.5. The Balaban J connectivity index is 2.40. The number of hydrogen-bond acceptors (Lipinski definition) is 4. The predicted molar refractivity (Wildman–Crippen MR) is 62.8 cm³/mol. The minimum atomic E-state index is 0.136. The zero-order valence-electron chi connectivity index (χ0n) is 9.30. The van der Waals surface area contributed by atoms with Gasteiger partial charge in [-0.1, -0.05) is 5.16 Å². The van der Waals surface area contributed by atoms with Gasteiger partial charge >= 0.3 is 0 Å². The molecule has 86 valence electrons. The average molecular weight is 220 g/mol. The molecule has 1 saturated heterocycles. The Morgan fingerprint density at radius 3 is 3.12 bits per heavy atom. The fourth-order valence-electron chi connectivity index (χ4n) is 2.18. The molecule has 16 heavy (non-hydrogen) atoms. The van der Waals surface area contributed by atoms with Gasteiger partial charge in [-0.05, 0) is 25.8 Å². The van der Waals surface area contributed by atoms with Crippen LogP contribution in [-0.2, 0) is 0 Å². The van der Waals surface area contributed by atoms with E-state index in [4.69, 9.17) is 10.9 Å². The smallest absolute Gasteiger partial charge is 0.172 e. The normalized spacial score (nSPS) is 21.4. The van der Waals surface area contributed by atoms with Crippen LogP contribution in [0.25, 0.3) is 0 Å². The predicted octanol–water partition coefficient (Wildman–Crippen LogP) is 1.16. The van der Waals surface area contributed by atoms with Gasteiger partial charge in [0.2, 0.25) is 0 Å². The Morgan fingerprint density at radius 2 is 2.50 bits per heavy atom. The minimum absolute atomic E-state index is 0.136. The summed E-state index contributed by atoms with van der Waals surface area (Å²) in [7, 11) is 0. The number of hydrogen-bond donors (Lipinski definition) is 2. The molecule has 1 aliphatic rings. The van der Waals surface area contributed by atoms with Crippen LogP contribution in [-0.4, -0.2) is 28.6 Å². The molecule has 0 radical (unpaired) electrons. The molecule has 0 aromatic carbocycles. The first-order valence-electron chi connectivity index (χ1n) is 5.42. The molecule has 1 fully saturated rings. The first-order chi connectivity index (χ1) is 7.74. The molecule has 0 bridgehead atoms. The molecule has 1 atom stereocenters. The van der Waals surface area contributed by atoms with Crippen molar-refractivity contribution in [3.8, 4) is 0 Å². The molecular formula is C11H16N4O. The largest absolute Gasteiger partial charge is 0.409 e. The number of amidine groups is 1. The Hall–Kier alpha value is -1.78. The van der Waals surface area contributed by atoms with Gasteiger partial charge in [-0.25, -0.2) is 0 Å². The number of oxime groups is 1. The molecule has 0 aliphatic carbocycles. The lowest BCUT2D eigenvalue weighted by Crippen LogP contribution is -2.29. The number of nitrogens with zero attached hydrogens (tertiary/aromatic N) is 3. The fourth-order valence-corrected chi connectivity index (χ4v) is 2.18. The average Bonchev–Trinajstić information content (AvgIpc) is 2.74. The summed E-state index contributed by atoms with van der Waals surface area (Å²) in [6, 6.07) is 2.25. The summed E-state index contributed by atoms with van der Waals surface area (Å²) in [6.45, 7) is 3.18. The van der Waals surface area contributed by atoms with Crippen LogP contribution in [0, 0.1) is 0 Å². The van der Waals surface area contributed by atoms with E-state index in [1.54, 1.807) is 18.5 Å². The second-order valence-electron chi connectivity index (χ2n) is 4.06. The van der Waals surface area contributed by atoms with Crippen LogP contribution in [0.3, 0.4) is 0 Å². The Labute approximate surface area is 94.6 Å². The van der Waals surface area contributed by atoms with Crippen molar-refractivity contribution < 1.29 is 5.21 Å². The van der Waals surface area contributed by atoms with Gasteiger partial charge in [0.05, 0.1) is 11.9 Å². The van der Waals surface area contributed by atoms with Crippen molar-refractivity contribution in [2.24, 2.45) is 10.9 Å². The molecular weight excluding hydrogens is 204 g/mol. The molecule has 3 N–H and O–H groups in total. The minimum Gasteiger partial charge on any atom is -0.409 e. The van der Waals surface area contributed by atoms with Crippen molar-refractivity contribution in [1.29, 1.82) is 0 Å². The number of pyridine rings is 1. The van der Waals surface area contributed by atoms with Crippen LogP contribution in [0.2, 0.25) is 0 Å². The maximum atomic E-state index is 8.75. The van der Waals surface area contributed by atoms with Gasteiger partial charge in [0.25, 0.3) is 0 Å². The molecule has 1 aromatic rings. The van der Waals surface area contributed by atoms with E-state index < -0.39 is 0 Å². The van der Waals surface area contributed by atoms with Crippen molar-refractivity contribution in [2.45, 2.75) is 25.8 Å². The molecule has 2 rings (SSSR count). The van der Waals surface area contributed by atoms with Crippen molar-refractivity contribution >= 4 is 11.5 Å². The molecule has 0 spiro atoms. The molecule has 1 aliphatic heterocycles. The summed E-state index contributed by atoms with van der Waals surface area (Å²) in [5, 5.41) is 11.8. The summed E-state index contributed by atoms with van der Waals surface area (Å²) < 4.78 is 0. The van der Waals surface area contributed by atoms with Crippen molar-refractivity contribution in [3.05, 3.63) is 24.0 Å². The number of rotatable bonds is 2. The van der Waals surface area contributed by atoms with E-state index in [9.17, 15) is 0 Å². The van der Waals surface area contributed by atoms with Crippen LogP contribution in [0.15, 0.2) is 23.6 Å². The van der Waals surface area contributed by atoms with Gasteiger partial charge in [0.1, 0.15) is 0 Å². The topological polar surface area (TPSA) is 74.7 Å². The van der Waals surface area contributed by atoms with Gasteiger partial charge in [-0.3, -0.25) is 4.98 Å². The maximum absolute atomic E-state index is 8.75. The van der Waals surface area contributed by atoms with E-state index in [2.05, 4.69) is 22.0 Å². The third-order valence-electron chi connectivity index (χ3n) is 3.05. The third-order valence-corrected chi connectivity index (χ3v) is 3.05. The highest BCUT2D eigenvalue weighted by Crippen LogP contribution is 2.27. The number of aromatic nitrogens is 1. The second-order valence-corrected chi connectivity index (χ2v) is 4.06. The molecule has 0 saturated carbocycles. The standard InChI is InChI=1S/C11H16N4O/c1-8-3-2-6-15(8)10-7-13-5-4-9(10)11(12)14-16/h4-5,7-8,16H,2-3,6H2,1H3,(H2,12,14). The van der Waals surface area contributed by atoms with E-state index in [0.717, 1.165) is 17.8 Å². The Morgan fingerprint density at radius 1 is 1.69 bits per heavy atom. The molecule has 0 amide bonds. The van der Waals surface area contributed by atoms with E-state index in [1.165, 1.54) is 12.8 Å². The first kappa shape index (κ1) is 10.7. The lowest BCUT2D eigenvalue weighted by molar-refractivity contribution is 0.318. The van der Waals surface area contributed by atoms with Gasteiger partial charge in [0.15, 0.2) is 5.84 Å². The summed E-state index contributed by atoms with van der Waals surface area (Å²) in [5.74, 6) is 0.136. The van der Waals surface area contributed by atoms with E-state index in [1.807, 2.05) is 0 Å². The van der Waals surface area contributed by atoms with E-state index in [-0.39, 0.29) is 5.84 Å². The highest BCUT2D eigenvalue weighted by atomic mass is 16.4. The van der Waals surface area contributed by atoms with Gasteiger partial charge in [0, 0.05) is 24.3 Å². The van der Waals surface area contributed by atoms with Crippen LogP contribution in [0.1, 0.15) is 25.3 Å². The van der Waals surface area contributed by atoms with Crippen LogP contribution in [0.5, 0.6) is 0 Å². The van der Waals surface area contributed by atoms with Gasteiger partial charge in [-0.2, -0.15) is 0 Å². The highest BCUT2D eigenvalue weighted by molar-refractivity contribution is 6.02. The Kier molecular flexibility index (Phi) is 2.94. The Bertz CT molecular complexity index is 405. The van der Waals surface area contributed by atoms with Crippen LogP contribution >= 0.6 is 0 Å². The molecule has 1 aromatic heterocycles. The van der Waals surface area contributed by atoms with Crippen LogP contribution < -0.4 is 10.6 Å². The lowest BCUT2D eigenvalue weighted by atomic mass is 10.1. The van der Waals surface area contributed by atoms with Crippen LogP contribution in [0.4, 0.5) is 5.69 Å². The van der Waals surface area contributed by atoms with Gasteiger partial charge in [-0.15, -0.1) is 0 Å². The highest BCUT2D eigenvalue weighted by Gasteiger charge is 2.23. The zero-order valence-corrected chi connectivity index (χ0v) is 9.30. The third kappa shape index (κ3) is 1.80. The SMILES string of the molecule is CC1CCCN1c1cnccc1/C(N)=N/O. The molecule has 5 nitrogen and oxygen atoms in total. The van der Waals surface area contributed by atoms with E-state index >= 15 is 0 Å². The van der Waals surface area contributed by atoms with Crippen molar-refractivity contribution in [2.75, 3.05) is 11.4 Å². The van der Waals surface area contributed by atoms with Crippen molar-refractivity contribution in [1.82, 2.24) is 4.98 Å². The molecule has 1 unspecified atom stereocenters. The second kappa shape index (κ2) is 4.38. The quantitative estimate of drug-likeness (QED) is 0.339. The van der Waals surface area contributed by atoms with E-state index in [0.29, 0.717) is 6.04 Å². The number of anilines is 1. The first-order valence-corrected chi connectivity index (χ1v) is 5.42. The molecule has 5 heteroatoms. The monoisotopic (exact) mass is 220 g/mol. The molecule has 2 heterocycles. The van der Waals surface area contributed by atoms with Gasteiger partial charge < -0.3 is 15.8 Å². The lowest BCUT2D eigenvalue weighted by Gasteiger charge is -2.25. The number of nitrogens with two attached hydrogens (primary N) is 1. The summed E-state index contributed by atoms with van der Waals surface area (Å²) in [5.41, 5.74) is 7.34. The summed E-state index contributed by atoms with van der Waals surface area (Å²) in [6.07, 6.45) is 5.77.